The second kappa shape index (κ2) is 7.59. The van der Waals surface area contributed by atoms with Crippen molar-refractivity contribution >= 4 is 10.0 Å². The van der Waals surface area contributed by atoms with E-state index < -0.39 is 27.3 Å². The Balaban J connectivity index is 2.28. The highest BCUT2D eigenvalue weighted by molar-refractivity contribution is 7.89. The number of hydrogen-bond acceptors (Lipinski definition) is 4. The highest BCUT2D eigenvalue weighted by atomic mass is 32.2. The molecule has 1 aliphatic heterocycles. The van der Waals surface area contributed by atoms with Gasteiger partial charge in [0.15, 0.2) is 0 Å². The SMILES string of the molecule is CCCS(=O)(=O)N1CCC(CNC)(c2cccc(C(F)(F)F)n2)CC1. The summed E-state index contributed by atoms with van der Waals surface area (Å²) in [5, 5.41) is 3.02. The first-order valence-corrected chi connectivity index (χ1v) is 9.93. The summed E-state index contributed by atoms with van der Waals surface area (Å²) >= 11 is 0. The van der Waals surface area contributed by atoms with E-state index in [-0.39, 0.29) is 5.75 Å². The standard InChI is InChI=1S/C16H24F3N3O2S/c1-3-11-25(23,24)22-9-7-15(8-10-22,12-20-2)13-5-4-6-14(21-13)16(17,18)19/h4-6,20H,3,7-12H2,1-2H3. The molecule has 1 aromatic heterocycles. The van der Waals surface area contributed by atoms with Crippen molar-refractivity contribution in [2.24, 2.45) is 0 Å². The lowest BCUT2D eigenvalue weighted by atomic mass is 9.75. The Morgan fingerprint density at radius 1 is 1.28 bits per heavy atom. The van der Waals surface area contributed by atoms with E-state index in [9.17, 15) is 21.6 Å². The predicted octanol–water partition coefficient (Wildman–Crippen LogP) is 2.39. The summed E-state index contributed by atoms with van der Waals surface area (Å²) in [4.78, 5) is 3.85. The summed E-state index contributed by atoms with van der Waals surface area (Å²) in [5.41, 5.74) is -1.15. The molecular formula is C16H24F3N3O2S. The molecule has 0 bridgehead atoms. The number of pyridine rings is 1. The van der Waals surface area contributed by atoms with Crippen molar-refractivity contribution in [3.63, 3.8) is 0 Å². The molecule has 2 rings (SSSR count). The molecule has 5 nitrogen and oxygen atoms in total. The predicted molar refractivity (Wildman–Crippen MR) is 89.7 cm³/mol. The molecule has 0 unspecified atom stereocenters. The summed E-state index contributed by atoms with van der Waals surface area (Å²) < 4.78 is 64.8. The van der Waals surface area contributed by atoms with Crippen molar-refractivity contribution in [1.29, 1.82) is 0 Å². The van der Waals surface area contributed by atoms with E-state index in [0.717, 1.165) is 6.07 Å². The number of halogens is 3. The smallest absolute Gasteiger partial charge is 0.319 e. The Morgan fingerprint density at radius 3 is 2.44 bits per heavy atom. The molecule has 1 N–H and O–H groups in total. The monoisotopic (exact) mass is 379 g/mol. The molecule has 0 radical (unpaired) electrons. The van der Waals surface area contributed by atoms with Gasteiger partial charge in [-0.3, -0.25) is 0 Å². The van der Waals surface area contributed by atoms with Crippen LogP contribution in [0.25, 0.3) is 0 Å². The molecule has 1 saturated heterocycles. The van der Waals surface area contributed by atoms with E-state index in [4.69, 9.17) is 0 Å². The summed E-state index contributed by atoms with van der Waals surface area (Å²) in [5.74, 6) is 0.0911. The summed E-state index contributed by atoms with van der Waals surface area (Å²) in [6.45, 7) is 2.84. The lowest BCUT2D eigenvalue weighted by Crippen LogP contribution is -2.50. The Morgan fingerprint density at radius 2 is 1.92 bits per heavy atom. The third-order valence-electron chi connectivity index (χ3n) is 4.63. The molecule has 0 amide bonds. The van der Waals surface area contributed by atoms with Crippen molar-refractivity contribution in [2.45, 2.75) is 37.8 Å². The quantitative estimate of drug-likeness (QED) is 0.825. The van der Waals surface area contributed by atoms with Gasteiger partial charge in [0, 0.05) is 30.7 Å². The van der Waals surface area contributed by atoms with Gasteiger partial charge in [-0.1, -0.05) is 13.0 Å². The molecule has 0 aromatic carbocycles. The molecule has 2 heterocycles. The van der Waals surface area contributed by atoms with Gasteiger partial charge in [-0.15, -0.1) is 0 Å². The minimum Gasteiger partial charge on any atom is -0.319 e. The van der Waals surface area contributed by atoms with Gasteiger partial charge in [0.1, 0.15) is 5.69 Å². The van der Waals surface area contributed by atoms with Crippen molar-refractivity contribution in [3.05, 3.63) is 29.6 Å². The maximum absolute atomic E-state index is 13.0. The van der Waals surface area contributed by atoms with Crippen molar-refractivity contribution < 1.29 is 21.6 Å². The Hall–Kier alpha value is -1.19. The molecule has 142 valence electrons. The van der Waals surface area contributed by atoms with Crippen LogP contribution in [0, 0.1) is 0 Å². The number of hydrogen-bond donors (Lipinski definition) is 1. The van der Waals surface area contributed by atoms with Gasteiger partial charge < -0.3 is 5.32 Å². The molecule has 0 saturated carbocycles. The number of nitrogens with zero attached hydrogens (tertiary/aromatic N) is 2. The maximum atomic E-state index is 13.0. The summed E-state index contributed by atoms with van der Waals surface area (Å²) in [7, 11) is -1.57. The molecule has 9 heteroatoms. The maximum Gasteiger partial charge on any atom is 0.433 e. The van der Waals surface area contributed by atoms with Gasteiger partial charge in [-0.25, -0.2) is 17.7 Å². The molecule has 0 aliphatic carbocycles. The van der Waals surface area contributed by atoms with Crippen LogP contribution in [0.3, 0.4) is 0 Å². The van der Waals surface area contributed by atoms with Crippen LogP contribution in [0.4, 0.5) is 13.2 Å². The molecule has 25 heavy (non-hydrogen) atoms. The third kappa shape index (κ3) is 4.51. The topological polar surface area (TPSA) is 62.3 Å². The summed E-state index contributed by atoms with van der Waals surface area (Å²) in [6, 6.07) is 3.92. The molecule has 0 atom stereocenters. The van der Waals surface area contributed by atoms with Gasteiger partial charge in [0.2, 0.25) is 10.0 Å². The number of sulfonamides is 1. The number of alkyl halides is 3. The number of rotatable bonds is 6. The first-order chi connectivity index (χ1) is 11.6. The largest absolute Gasteiger partial charge is 0.433 e. The molecule has 1 aromatic rings. The van der Waals surface area contributed by atoms with Crippen LogP contribution in [0.15, 0.2) is 18.2 Å². The fraction of sp³-hybridized carbons (Fsp3) is 0.688. The minimum absolute atomic E-state index is 0.0911. The van der Waals surface area contributed by atoms with Gasteiger partial charge in [-0.2, -0.15) is 13.2 Å². The number of piperidine rings is 1. The first kappa shape index (κ1) is 20.1. The normalized spacial score (nSPS) is 19.1. The van der Waals surface area contributed by atoms with Crippen LogP contribution in [-0.2, 0) is 21.6 Å². The Kier molecular flexibility index (Phi) is 6.11. The molecule has 0 spiro atoms. The number of nitrogens with one attached hydrogen (secondary N) is 1. The Bertz CT molecular complexity index is 684. The lowest BCUT2D eigenvalue weighted by Gasteiger charge is -2.41. The van der Waals surface area contributed by atoms with Crippen molar-refractivity contribution in [1.82, 2.24) is 14.6 Å². The van der Waals surface area contributed by atoms with Gasteiger partial charge >= 0.3 is 6.18 Å². The fourth-order valence-electron chi connectivity index (χ4n) is 3.33. The highest BCUT2D eigenvalue weighted by Crippen LogP contribution is 2.37. The van der Waals surface area contributed by atoms with Crippen LogP contribution in [0.5, 0.6) is 0 Å². The van der Waals surface area contributed by atoms with Crippen LogP contribution in [0.2, 0.25) is 0 Å². The van der Waals surface area contributed by atoms with Crippen molar-refractivity contribution in [3.8, 4) is 0 Å². The van der Waals surface area contributed by atoms with Gasteiger partial charge in [0.25, 0.3) is 0 Å². The van der Waals surface area contributed by atoms with E-state index in [1.165, 1.54) is 10.4 Å². The van der Waals surface area contributed by atoms with Crippen molar-refractivity contribution in [2.75, 3.05) is 32.4 Å². The fourth-order valence-corrected chi connectivity index (χ4v) is 4.84. The second-order valence-electron chi connectivity index (χ2n) is 6.43. The van der Waals surface area contributed by atoms with E-state index >= 15 is 0 Å². The number of aromatic nitrogens is 1. The number of likely N-dealkylation sites (N-methyl/N-ethyl adjacent to an activating group) is 1. The third-order valence-corrected chi connectivity index (χ3v) is 6.71. The van der Waals surface area contributed by atoms with E-state index in [2.05, 4.69) is 10.3 Å². The average Bonchev–Trinajstić information content (AvgIpc) is 2.55. The van der Waals surface area contributed by atoms with Crippen LogP contribution >= 0.6 is 0 Å². The van der Waals surface area contributed by atoms with Crippen LogP contribution in [-0.4, -0.2) is 50.1 Å². The zero-order chi connectivity index (χ0) is 18.7. The minimum atomic E-state index is -4.50. The van der Waals surface area contributed by atoms with E-state index in [1.807, 2.05) is 0 Å². The second-order valence-corrected chi connectivity index (χ2v) is 8.52. The van der Waals surface area contributed by atoms with Crippen LogP contribution in [0.1, 0.15) is 37.6 Å². The molecule has 1 fully saturated rings. The lowest BCUT2D eigenvalue weighted by molar-refractivity contribution is -0.141. The first-order valence-electron chi connectivity index (χ1n) is 8.32. The van der Waals surface area contributed by atoms with Gasteiger partial charge in [-0.05, 0) is 38.4 Å². The van der Waals surface area contributed by atoms with Gasteiger partial charge in [0.05, 0.1) is 5.75 Å². The molecular weight excluding hydrogens is 355 g/mol. The van der Waals surface area contributed by atoms with Crippen LogP contribution < -0.4 is 5.32 Å². The summed E-state index contributed by atoms with van der Waals surface area (Å²) in [6.07, 6.45) is -3.09. The average molecular weight is 379 g/mol. The van der Waals surface area contributed by atoms with E-state index in [1.54, 1.807) is 20.0 Å². The zero-order valence-corrected chi connectivity index (χ0v) is 15.3. The zero-order valence-electron chi connectivity index (χ0n) is 14.4. The van der Waals surface area contributed by atoms with E-state index in [0.29, 0.717) is 44.6 Å². The highest BCUT2D eigenvalue weighted by Gasteiger charge is 2.41. The Labute approximate surface area is 146 Å². The molecule has 1 aliphatic rings.